The minimum Gasteiger partial charge on any atom is -0.360 e. The summed E-state index contributed by atoms with van der Waals surface area (Å²) in [5.74, 6) is -0.603. The van der Waals surface area contributed by atoms with Crippen LogP contribution in [0.3, 0.4) is 0 Å². The van der Waals surface area contributed by atoms with E-state index in [1.165, 1.54) is 0 Å². The third-order valence-electron chi connectivity index (χ3n) is 4.62. The largest absolute Gasteiger partial charge is 0.360 e. The Labute approximate surface area is 155 Å². The number of hydrogen-bond donors (Lipinski definition) is 4. The van der Waals surface area contributed by atoms with Gasteiger partial charge in [-0.2, -0.15) is 5.10 Å². The number of amides is 2. The Morgan fingerprint density at radius 1 is 1.22 bits per heavy atom. The van der Waals surface area contributed by atoms with Crippen LogP contribution in [0, 0.1) is 0 Å². The fourth-order valence-corrected chi connectivity index (χ4v) is 3.20. The summed E-state index contributed by atoms with van der Waals surface area (Å²) in [5, 5.41) is 7.48. The van der Waals surface area contributed by atoms with Crippen molar-refractivity contribution in [3.05, 3.63) is 65.4 Å². The first-order chi connectivity index (χ1) is 13.1. The van der Waals surface area contributed by atoms with Crippen molar-refractivity contribution in [1.82, 2.24) is 10.4 Å². The van der Waals surface area contributed by atoms with Gasteiger partial charge in [-0.05, 0) is 30.5 Å². The van der Waals surface area contributed by atoms with Gasteiger partial charge in [-0.25, -0.2) is 5.43 Å². The number of anilines is 1. The summed E-state index contributed by atoms with van der Waals surface area (Å²) in [4.78, 5) is 27.8. The number of benzene rings is 2. The van der Waals surface area contributed by atoms with Crippen molar-refractivity contribution in [1.29, 1.82) is 0 Å². The van der Waals surface area contributed by atoms with E-state index in [9.17, 15) is 9.59 Å². The number of rotatable bonds is 5. The van der Waals surface area contributed by atoms with Crippen molar-refractivity contribution >= 4 is 34.6 Å². The van der Waals surface area contributed by atoms with Gasteiger partial charge in [0.25, 0.3) is 5.91 Å². The fourth-order valence-electron chi connectivity index (χ4n) is 3.20. The molecule has 0 radical (unpaired) electrons. The minimum atomic E-state index is -0.642. The van der Waals surface area contributed by atoms with Crippen LogP contribution < -0.4 is 16.5 Å². The molecule has 1 atom stereocenters. The highest BCUT2D eigenvalue weighted by atomic mass is 16.2. The summed E-state index contributed by atoms with van der Waals surface area (Å²) >= 11 is 0. The van der Waals surface area contributed by atoms with E-state index in [1.54, 1.807) is 24.5 Å². The third-order valence-corrected chi connectivity index (χ3v) is 4.62. The Morgan fingerprint density at radius 3 is 2.85 bits per heavy atom. The van der Waals surface area contributed by atoms with E-state index in [2.05, 4.69) is 20.8 Å². The van der Waals surface area contributed by atoms with Crippen LogP contribution >= 0.6 is 0 Å². The molecular weight excluding hydrogens is 342 g/mol. The predicted octanol–water partition coefficient (Wildman–Crippen LogP) is 2.14. The maximum atomic E-state index is 12.5. The lowest BCUT2D eigenvalue weighted by Crippen LogP contribution is -2.36. The monoisotopic (exact) mass is 361 g/mol. The molecule has 0 bridgehead atoms. The number of carbonyl (C=O) groups excluding carboxylic acids is 2. The van der Waals surface area contributed by atoms with Crippen LogP contribution in [0.4, 0.5) is 5.69 Å². The summed E-state index contributed by atoms with van der Waals surface area (Å²) in [5.41, 5.74) is 12.2. The van der Waals surface area contributed by atoms with Crippen LogP contribution in [-0.4, -0.2) is 29.1 Å². The van der Waals surface area contributed by atoms with Crippen molar-refractivity contribution in [3.63, 3.8) is 0 Å². The van der Waals surface area contributed by atoms with E-state index >= 15 is 0 Å². The number of nitrogens with zero attached hydrogens (tertiary/aromatic N) is 1. The normalized spacial score (nSPS) is 13.9. The second-order valence-corrected chi connectivity index (χ2v) is 6.51. The molecule has 7 nitrogen and oxygen atoms in total. The highest BCUT2D eigenvalue weighted by Gasteiger charge is 2.20. The molecule has 0 fully saturated rings. The second-order valence-electron chi connectivity index (χ2n) is 6.51. The van der Waals surface area contributed by atoms with Crippen molar-refractivity contribution in [3.8, 4) is 0 Å². The summed E-state index contributed by atoms with van der Waals surface area (Å²) in [6.07, 6.45) is 4.62. The van der Waals surface area contributed by atoms with E-state index < -0.39 is 6.04 Å². The van der Waals surface area contributed by atoms with Gasteiger partial charge in [0, 0.05) is 28.4 Å². The molecule has 1 aromatic heterocycles. The molecule has 0 saturated carbocycles. The number of aromatic nitrogens is 1. The first-order valence-electron chi connectivity index (χ1n) is 8.71. The lowest BCUT2D eigenvalue weighted by molar-refractivity contribution is -0.117. The molecule has 0 unspecified atom stereocenters. The van der Waals surface area contributed by atoms with Crippen LogP contribution in [0.2, 0.25) is 0 Å². The van der Waals surface area contributed by atoms with E-state index in [4.69, 9.17) is 5.73 Å². The fraction of sp³-hybridized carbons (Fsp3) is 0.150. The van der Waals surface area contributed by atoms with Gasteiger partial charge in [0.2, 0.25) is 5.91 Å². The van der Waals surface area contributed by atoms with Gasteiger partial charge >= 0.3 is 0 Å². The molecule has 2 heterocycles. The summed E-state index contributed by atoms with van der Waals surface area (Å²) in [6, 6.07) is 12.7. The Balaban J connectivity index is 1.50. The van der Waals surface area contributed by atoms with Crippen LogP contribution in [0.25, 0.3) is 10.9 Å². The summed E-state index contributed by atoms with van der Waals surface area (Å²) < 4.78 is 0. The van der Waals surface area contributed by atoms with Crippen LogP contribution in [-0.2, 0) is 11.2 Å². The molecule has 2 aromatic carbocycles. The third kappa shape index (κ3) is 3.45. The van der Waals surface area contributed by atoms with Crippen molar-refractivity contribution in [2.24, 2.45) is 10.8 Å². The topological polar surface area (TPSA) is 112 Å². The average Bonchev–Trinajstić information content (AvgIpc) is 3.01. The molecule has 27 heavy (non-hydrogen) atoms. The first-order valence-corrected chi connectivity index (χ1v) is 8.71. The van der Waals surface area contributed by atoms with Crippen molar-refractivity contribution in [2.45, 2.75) is 18.9 Å². The smallest absolute Gasteiger partial charge is 0.272 e. The van der Waals surface area contributed by atoms with Gasteiger partial charge in [-0.1, -0.05) is 30.3 Å². The number of hydrogen-bond acceptors (Lipinski definition) is 4. The number of nitrogens with one attached hydrogen (secondary N) is 3. The molecule has 0 saturated heterocycles. The molecule has 1 aliphatic heterocycles. The summed E-state index contributed by atoms with van der Waals surface area (Å²) in [7, 11) is 0. The molecule has 2 amide bonds. The number of H-pyrrole nitrogens is 1. The van der Waals surface area contributed by atoms with Gasteiger partial charge in [-0.15, -0.1) is 0 Å². The molecule has 0 aliphatic carbocycles. The zero-order valence-corrected chi connectivity index (χ0v) is 14.5. The maximum absolute atomic E-state index is 12.5. The molecule has 4 rings (SSSR count). The molecule has 1 aliphatic rings. The number of nitrogens with two attached hydrogens (primary N) is 1. The average molecular weight is 361 g/mol. The Bertz CT molecular complexity index is 1040. The molecule has 3 aromatic rings. The Morgan fingerprint density at radius 2 is 2.04 bits per heavy atom. The lowest BCUT2D eigenvalue weighted by atomic mass is 10.0. The van der Waals surface area contributed by atoms with E-state index in [0.29, 0.717) is 17.7 Å². The van der Waals surface area contributed by atoms with Gasteiger partial charge in [-0.3, -0.25) is 9.59 Å². The standard InChI is InChI=1S/C20H19N5O2/c21-16(7-6-12-4-2-1-3-5-12)20(27)24-14-8-15-18-13(10-22-17(18)9-14)11-23-25-19(15)26/h1-5,8-11,16,22H,6-7,21H2,(H,24,27)(H,25,26)/t16-/m1/s1. The molecule has 136 valence electrons. The molecular formula is C20H19N5O2. The molecule has 0 spiro atoms. The molecule has 7 heteroatoms. The Kier molecular flexibility index (Phi) is 4.43. The zero-order chi connectivity index (χ0) is 18.8. The van der Waals surface area contributed by atoms with Gasteiger partial charge in [0.05, 0.1) is 17.8 Å². The number of aromatic amines is 1. The molecule has 5 N–H and O–H groups in total. The number of hydrazone groups is 1. The lowest BCUT2D eigenvalue weighted by Gasteiger charge is -2.13. The van der Waals surface area contributed by atoms with Crippen LogP contribution in [0.1, 0.15) is 27.9 Å². The van der Waals surface area contributed by atoms with Crippen molar-refractivity contribution in [2.75, 3.05) is 5.32 Å². The zero-order valence-electron chi connectivity index (χ0n) is 14.5. The summed E-state index contributed by atoms with van der Waals surface area (Å²) in [6.45, 7) is 0. The number of aryl methyl sites for hydroxylation is 1. The van der Waals surface area contributed by atoms with E-state index in [-0.39, 0.29) is 11.8 Å². The highest BCUT2D eigenvalue weighted by Crippen LogP contribution is 2.27. The minimum absolute atomic E-state index is 0.283. The SMILES string of the molecule is N[C@H](CCc1ccccc1)C(=O)Nc1cc2c3c(c[nH]c3c1)C=NNC2=O. The van der Waals surface area contributed by atoms with Crippen LogP contribution in [0.5, 0.6) is 0 Å². The van der Waals surface area contributed by atoms with Gasteiger partial charge < -0.3 is 16.0 Å². The van der Waals surface area contributed by atoms with Gasteiger partial charge in [0.15, 0.2) is 0 Å². The van der Waals surface area contributed by atoms with Crippen LogP contribution in [0.15, 0.2) is 53.8 Å². The Hall–Kier alpha value is -3.45. The van der Waals surface area contributed by atoms with E-state index in [0.717, 1.165) is 28.5 Å². The first kappa shape index (κ1) is 17.0. The van der Waals surface area contributed by atoms with Gasteiger partial charge in [0.1, 0.15) is 0 Å². The number of carbonyl (C=O) groups is 2. The second kappa shape index (κ2) is 7.05. The van der Waals surface area contributed by atoms with Crippen molar-refractivity contribution < 1.29 is 9.59 Å². The van der Waals surface area contributed by atoms with E-state index in [1.807, 2.05) is 30.3 Å². The highest BCUT2D eigenvalue weighted by molar-refractivity contribution is 6.15. The predicted molar refractivity (Wildman–Crippen MR) is 105 cm³/mol. The maximum Gasteiger partial charge on any atom is 0.272 e. The quantitative estimate of drug-likeness (QED) is 0.558.